The molecule has 1 aliphatic carbocycles. The lowest BCUT2D eigenvalue weighted by atomic mass is 9.86. The van der Waals surface area contributed by atoms with Crippen molar-refractivity contribution < 1.29 is 32.6 Å². The topological polar surface area (TPSA) is 70.1 Å². The molecule has 9 heteroatoms. The van der Waals surface area contributed by atoms with Crippen LogP contribution < -0.4 is 0 Å². The Balaban J connectivity index is 0.000000298. The van der Waals surface area contributed by atoms with Gasteiger partial charge in [0.15, 0.2) is 0 Å². The maximum Gasteiger partial charge on any atom is 0.490 e. The molecular weight excluding hydrogens is 389 g/mol. The van der Waals surface area contributed by atoms with Gasteiger partial charge in [-0.2, -0.15) is 13.2 Å². The first-order valence-corrected chi connectivity index (χ1v) is 9.51. The number of ether oxygens (including phenoxy) is 1. The molecule has 2 fully saturated rings. The summed E-state index contributed by atoms with van der Waals surface area (Å²) < 4.78 is 37.7. The molecule has 4 rings (SSSR count). The van der Waals surface area contributed by atoms with E-state index in [0.29, 0.717) is 6.61 Å². The summed E-state index contributed by atoms with van der Waals surface area (Å²) in [5.41, 5.74) is 2.70. The number of hydrogen-bond donors (Lipinski definition) is 1. The number of hydrogen-bond acceptors (Lipinski definition) is 4. The van der Waals surface area contributed by atoms with Crippen LogP contribution in [0.5, 0.6) is 0 Å². The van der Waals surface area contributed by atoms with Crippen molar-refractivity contribution in [1.29, 1.82) is 0 Å². The minimum atomic E-state index is -5.08. The van der Waals surface area contributed by atoms with E-state index in [-0.39, 0.29) is 17.6 Å². The summed E-state index contributed by atoms with van der Waals surface area (Å²) in [7, 11) is 3.61. The maximum atomic E-state index is 12.3. The highest BCUT2D eigenvalue weighted by atomic mass is 19.4. The molecule has 160 valence electrons. The van der Waals surface area contributed by atoms with Gasteiger partial charge in [-0.05, 0) is 29.9 Å². The zero-order valence-corrected chi connectivity index (χ0v) is 16.4. The van der Waals surface area contributed by atoms with Crippen LogP contribution in [0.4, 0.5) is 13.2 Å². The van der Waals surface area contributed by atoms with Crippen LogP contribution in [0.15, 0.2) is 24.3 Å². The van der Waals surface area contributed by atoms with Gasteiger partial charge in [-0.15, -0.1) is 0 Å². The minimum absolute atomic E-state index is 0.0878. The first-order chi connectivity index (χ1) is 13.5. The number of fused-ring (bicyclic) bond motifs is 2. The first kappa shape index (κ1) is 21.6. The van der Waals surface area contributed by atoms with Crippen molar-refractivity contribution in [3.8, 4) is 0 Å². The molecule has 2 aliphatic heterocycles. The van der Waals surface area contributed by atoms with Crippen LogP contribution in [0.3, 0.4) is 0 Å². The van der Waals surface area contributed by atoms with Crippen LogP contribution >= 0.6 is 0 Å². The molecule has 1 saturated heterocycles. The average molecular weight is 414 g/mol. The summed E-state index contributed by atoms with van der Waals surface area (Å²) in [5.74, 6) is -1.82. The molecule has 2 unspecified atom stereocenters. The second kappa shape index (κ2) is 7.95. The summed E-state index contributed by atoms with van der Waals surface area (Å²) >= 11 is 0. The van der Waals surface area contributed by atoms with Crippen molar-refractivity contribution in [2.45, 2.75) is 43.6 Å². The predicted octanol–water partition coefficient (Wildman–Crippen LogP) is 2.62. The van der Waals surface area contributed by atoms with Crippen molar-refractivity contribution in [1.82, 2.24) is 9.80 Å². The van der Waals surface area contributed by atoms with Crippen LogP contribution in [0.2, 0.25) is 0 Å². The van der Waals surface area contributed by atoms with E-state index in [2.05, 4.69) is 29.2 Å². The van der Waals surface area contributed by atoms with Gasteiger partial charge in [0.1, 0.15) is 6.10 Å². The largest absolute Gasteiger partial charge is 0.490 e. The van der Waals surface area contributed by atoms with E-state index in [4.69, 9.17) is 14.6 Å². The van der Waals surface area contributed by atoms with Crippen molar-refractivity contribution >= 4 is 11.9 Å². The number of carboxylic acids is 1. The molecule has 2 atom stereocenters. The lowest BCUT2D eigenvalue weighted by Crippen LogP contribution is -2.43. The summed E-state index contributed by atoms with van der Waals surface area (Å²) in [4.78, 5) is 25.4. The number of carbonyl (C=O) groups is 2. The van der Waals surface area contributed by atoms with E-state index < -0.39 is 12.1 Å². The van der Waals surface area contributed by atoms with E-state index in [1.165, 1.54) is 24.0 Å². The van der Waals surface area contributed by atoms with E-state index in [0.717, 1.165) is 25.4 Å². The molecule has 3 aliphatic rings. The van der Waals surface area contributed by atoms with Gasteiger partial charge in [-0.1, -0.05) is 24.3 Å². The second-order valence-electron chi connectivity index (χ2n) is 8.05. The number of alkyl halides is 3. The van der Waals surface area contributed by atoms with Gasteiger partial charge < -0.3 is 14.7 Å². The van der Waals surface area contributed by atoms with Crippen molar-refractivity contribution in [2.75, 3.05) is 27.2 Å². The second-order valence-corrected chi connectivity index (χ2v) is 8.05. The van der Waals surface area contributed by atoms with Crippen molar-refractivity contribution in [2.24, 2.45) is 5.92 Å². The van der Waals surface area contributed by atoms with E-state index in [1.807, 2.05) is 0 Å². The Morgan fingerprint density at radius 2 is 1.90 bits per heavy atom. The molecule has 2 heterocycles. The van der Waals surface area contributed by atoms with Gasteiger partial charge in [-0.25, -0.2) is 4.79 Å². The Labute approximate surface area is 167 Å². The van der Waals surface area contributed by atoms with Gasteiger partial charge in [-0.3, -0.25) is 9.69 Å². The summed E-state index contributed by atoms with van der Waals surface area (Å²) in [6.45, 7) is 2.78. The SMILES string of the molecule is CN(C)C(=O)C1CC2(CO1)c1ccccc1CN2CC1CC1.O=C(O)C(F)(F)F. The number of likely N-dealkylation sites (N-methyl/N-ethyl adjacent to an activating group) is 1. The lowest BCUT2D eigenvalue weighted by Gasteiger charge is -2.35. The molecule has 0 bridgehead atoms. The fourth-order valence-electron chi connectivity index (χ4n) is 4.01. The fraction of sp³-hybridized carbons (Fsp3) is 0.600. The molecule has 0 radical (unpaired) electrons. The van der Waals surface area contributed by atoms with Crippen LogP contribution in [0, 0.1) is 5.92 Å². The van der Waals surface area contributed by atoms with Gasteiger partial charge in [0.25, 0.3) is 5.91 Å². The molecular formula is C20H25F3N2O4. The average Bonchev–Trinajstić information content (AvgIpc) is 3.27. The van der Waals surface area contributed by atoms with Gasteiger partial charge in [0, 0.05) is 33.6 Å². The maximum absolute atomic E-state index is 12.3. The van der Waals surface area contributed by atoms with Gasteiger partial charge in [0.2, 0.25) is 0 Å². The van der Waals surface area contributed by atoms with Crippen LogP contribution in [-0.4, -0.2) is 66.3 Å². The first-order valence-electron chi connectivity index (χ1n) is 9.51. The molecule has 0 aromatic heterocycles. The molecule has 1 saturated carbocycles. The Morgan fingerprint density at radius 1 is 1.28 bits per heavy atom. The fourth-order valence-corrected chi connectivity index (χ4v) is 4.01. The highest BCUT2D eigenvalue weighted by molar-refractivity contribution is 5.81. The Bertz CT molecular complexity index is 779. The smallest absolute Gasteiger partial charge is 0.475 e. The molecule has 1 aromatic carbocycles. The zero-order valence-electron chi connectivity index (χ0n) is 16.4. The number of carboxylic acid groups (broad SMARTS) is 1. The third kappa shape index (κ3) is 4.56. The Morgan fingerprint density at radius 3 is 2.45 bits per heavy atom. The molecule has 6 nitrogen and oxygen atoms in total. The molecule has 29 heavy (non-hydrogen) atoms. The normalized spacial score (nSPS) is 26.0. The van der Waals surface area contributed by atoms with Crippen molar-refractivity contribution in [3.63, 3.8) is 0 Å². The number of benzene rings is 1. The molecule has 1 spiro atoms. The number of halogens is 3. The predicted molar refractivity (Wildman–Crippen MR) is 98.0 cm³/mol. The van der Waals surface area contributed by atoms with Gasteiger partial charge >= 0.3 is 12.1 Å². The quantitative estimate of drug-likeness (QED) is 0.824. The standard InChI is InChI=1S/C18H24N2O2.C2HF3O2/c1-19(2)17(21)16-9-18(12-22-16)15-6-4-3-5-14(15)11-20(18)10-13-7-8-13;3-2(4,5)1(6)7/h3-6,13,16H,7-12H2,1-2H3;(H,6,7). The molecule has 1 amide bonds. The number of carbonyl (C=O) groups excluding carboxylic acids is 1. The monoisotopic (exact) mass is 414 g/mol. The summed E-state index contributed by atoms with van der Waals surface area (Å²) in [6.07, 6.45) is -1.90. The number of rotatable bonds is 3. The summed E-state index contributed by atoms with van der Waals surface area (Å²) in [6, 6.07) is 8.69. The number of nitrogens with zero attached hydrogens (tertiary/aromatic N) is 2. The lowest BCUT2D eigenvalue weighted by molar-refractivity contribution is -0.192. The van der Waals surface area contributed by atoms with E-state index in [1.54, 1.807) is 19.0 Å². The third-order valence-corrected chi connectivity index (χ3v) is 5.67. The van der Waals surface area contributed by atoms with Gasteiger partial charge in [0.05, 0.1) is 12.1 Å². The third-order valence-electron chi connectivity index (χ3n) is 5.67. The van der Waals surface area contributed by atoms with Crippen LogP contribution in [-0.2, 0) is 26.4 Å². The minimum Gasteiger partial charge on any atom is -0.475 e. The van der Waals surface area contributed by atoms with Crippen LogP contribution in [0.25, 0.3) is 0 Å². The Kier molecular flexibility index (Phi) is 5.91. The summed E-state index contributed by atoms with van der Waals surface area (Å²) in [5, 5.41) is 7.12. The number of amides is 1. The highest BCUT2D eigenvalue weighted by Crippen LogP contribution is 2.48. The zero-order chi connectivity index (χ0) is 21.4. The van der Waals surface area contributed by atoms with E-state index in [9.17, 15) is 18.0 Å². The highest BCUT2D eigenvalue weighted by Gasteiger charge is 2.53. The van der Waals surface area contributed by atoms with Crippen LogP contribution in [0.1, 0.15) is 30.4 Å². The number of aliphatic carboxylic acids is 1. The molecule has 1 aromatic rings. The Hall–Kier alpha value is -2.13. The van der Waals surface area contributed by atoms with Crippen molar-refractivity contribution in [3.05, 3.63) is 35.4 Å². The molecule has 1 N–H and O–H groups in total. The van der Waals surface area contributed by atoms with E-state index >= 15 is 0 Å².